The number of hydrogen-bond acceptors (Lipinski definition) is 2. The molecule has 0 saturated heterocycles. The summed E-state index contributed by atoms with van der Waals surface area (Å²) in [6, 6.07) is -1.06. The van der Waals surface area contributed by atoms with Crippen LogP contribution in [0.3, 0.4) is 0 Å². The third-order valence-electron chi connectivity index (χ3n) is 2.97. The molecular weight excluding hydrogens is 280 g/mol. The first-order chi connectivity index (χ1) is 8.53. The first-order valence-corrected chi connectivity index (χ1v) is 5.65. The lowest BCUT2D eigenvalue weighted by atomic mass is 9.92. The number of carbonyl (C=O) groups excluding carboxylic acids is 1. The van der Waals surface area contributed by atoms with E-state index in [9.17, 15) is 36.2 Å². The van der Waals surface area contributed by atoms with Crippen LogP contribution in [-0.4, -0.2) is 35.5 Å². The number of aliphatic hydroxyl groups is 1. The second kappa shape index (κ2) is 5.56. The highest BCUT2D eigenvalue weighted by Gasteiger charge is 2.61. The van der Waals surface area contributed by atoms with Crippen molar-refractivity contribution in [1.82, 2.24) is 5.32 Å². The van der Waals surface area contributed by atoms with Crippen molar-refractivity contribution in [3.63, 3.8) is 0 Å². The minimum atomic E-state index is -5.71. The van der Waals surface area contributed by atoms with Gasteiger partial charge < -0.3 is 10.4 Å². The van der Waals surface area contributed by atoms with Crippen LogP contribution in [0.1, 0.15) is 25.7 Å². The van der Waals surface area contributed by atoms with Crippen molar-refractivity contribution < 1.29 is 36.2 Å². The van der Waals surface area contributed by atoms with Gasteiger partial charge in [0.1, 0.15) is 0 Å². The number of nitrogens with one attached hydrogen (secondary N) is 1. The number of halogens is 6. The van der Waals surface area contributed by atoms with Gasteiger partial charge >= 0.3 is 12.4 Å². The average Bonchev–Trinajstić information content (AvgIpc) is 2.16. The van der Waals surface area contributed by atoms with Gasteiger partial charge in [-0.1, -0.05) is 12.8 Å². The van der Waals surface area contributed by atoms with Gasteiger partial charge in [0.25, 0.3) is 0 Å². The Morgan fingerprint density at radius 2 is 1.53 bits per heavy atom. The highest BCUT2D eigenvalue weighted by molar-refractivity contribution is 5.80. The van der Waals surface area contributed by atoms with E-state index in [0.29, 0.717) is 12.8 Å². The molecule has 1 amide bonds. The summed E-state index contributed by atoms with van der Waals surface area (Å²) in [6.07, 6.45) is -11.0. The molecule has 3 nitrogen and oxygen atoms in total. The fourth-order valence-corrected chi connectivity index (χ4v) is 2.03. The van der Waals surface area contributed by atoms with Crippen LogP contribution in [0.4, 0.5) is 26.3 Å². The predicted octanol–water partition coefficient (Wildman–Crippen LogP) is 2.15. The summed E-state index contributed by atoms with van der Waals surface area (Å²) in [5, 5.41) is 11.1. The number of amides is 1. The molecule has 0 heterocycles. The molecule has 0 aromatic heterocycles. The SMILES string of the molecule is O=C(N[C@H]1CCCC[C@@H]1O)C(C(F)(F)F)C(F)(F)F. The van der Waals surface area contributed by atoms with E-state index in [1.807, 2.05) is 0 Å². The zero-order chi connectivity index (χ0) is 14.8. The maximum Gasteiger partial charge on any atom is 0.409 e. The molecule has 0 radical (unpaired) electrons. The minimum Gasteiger partial charge on any atom is -0.391 e. The lowest BCUT2D eigenvalue weighted by Crippen LogP contribution is -2.53. The molecule has 1 aliphatic rings. The summed E-state index contributed by atoms with van der Waals surface area (Å²) in [6.45, 7) is 0. The molecule has 1 aliphatic carbocycles. The predicted molar refractivity (Wildman–Crippen MR) is 52.0 cm³/mol. The molecular formula is C10H13F6NO2. The molecule has 0 aromatic carbocycles. The summed E-state index contributed by atoms with van der Waals surface area (Å²) in [4.78, 5) is 11.2. The van der Waals surface area contributed by atoms with Crippen LogP contribution < -0.4 is 5.32 Å². The topological polar surface area (TPSA) is 49.3 Å². The Bertz CT molecular complexity index is 313. The summed E-state index contributed by atoms with van der Waals surface area (Å²) < 4.78 is 73.6. The molecule has 0 bridgehead atoms. The molecule has 0 unspecified atom stereocenters. The standard InChI is InChI=1S/C10H13F6NO2/c11-9(12,13)7(10(14,15)16)8(19)17-5-3-1-2-4-6(5)18/h5-7,18H,1-4H2,(H,17,19)/t5-,6-/m0/s1. The highest BCUT2D eigenvalue weighted by atomic mass is 19.4. The fourth-order valence-electron chi connectivity index (χ4n) is 2.03. The van der Waals surface area contributed by atoms with Gasteiger partial charge in [-0.25, -0.2) is 0 Å². The maximum atomic E-state index is 12.3. The number of alkyl halides is 6. The van der Waals surface area contributed by atoms with Crippen LogP contribution >= 0.6 is 0 Å². The average molecular weight is 293 g/mol. The normalized spacial score (nSPS) is 25.5. The van der Waals surface area contributed by atoms with E-state index < -0.39 is 36.3 Å². The van der Waals surface area contributed by atoms with Crippen molar-refractivity contribution in [1.29, 1.82) is 0 Å². The fraction of sp³-hybridized carbons (Fsp3) is 0.900. The Hall–Kier alpha value is -0.990. The first-order valence-electron chi connectivity index (χ1n) is 5.65. The van der Waals surface area contributed by atoms with E-state index in [-0.39, 0.29) is 12.8 Å². The van der Waals surface area contributed by atoms with Crippen molar-refractivity contribution in [3.8, 4) is 0 Å². The van der Waals surface area contributed by atoms with Crippen LogP contribution in [0.2, 0.25) is 0 Å². The van der Waals surface area contributed by atoms with Crippen LogP contribution in [0.25, 0.3) is 0 Å². The zero-order valence-electron chi connectivity index (χ0n) is 9.68. The molecule has 1 rings (SSSR count). The zero-order valence-corrected chi connectivity index (χ0v) is 9.68. The highest BCUT2D eigenvalue weighted by Crippen LogP contribution is 2.39. The smallest absolute Gasteiger partial charge is 0.391 e. The van der Waals surface area contributed by atoms with Gasteiger partial charge in [0, 0.05) is 0 Å². The quantitative estimate of drug-likeness (QED) is 0.766. The van der Waals surface area contributed by atoms with E-state index in [4.69, 9.17) is 0 Å². The van der Waals surface area contributed by atoms with Crippen molar-refractivity contribution in [2.24, 2.45) is 5.92 Å². The molecule has 0 aromatic rings. The van der Waals surface area contributed by atoms with Gasteiger partial charge in [-0.05, 0) is 12.8 Å². The molecule has 2 atom stereocenters. The van der Waals surface area contributed by atoms with Gasteiger partial charge in [0.2, 0.25) is 11.8 Å². The van der Waals surface area contributed by atoms with Gasteiger partial charge in [0.15, 0.2) is 0 Å². The summed E-state index contributed by atoms with van der Waals surface area (Å²) in [5.41, 5.74) is 0. The molecule has 112 valence electrons. The lowest BCUT2D eigenvalue weighted by molar-refractivity contribution is -0.274. The summed E-state index contributed by atoms with van der Waals surface area (Å²) in [7, 11) is 0. The second-order valence-corrected chi connectivity index (χ2v) is 4.48. The van der Waals surface area contributed by atoms with Crippen molar-refractivity contribution in [2.75, 3.05) is 0 Å². The summed E-state index contributed by atoms with van der Waals surface area (Å²) in [5.74, 6) is -6.22. The summed E-state index contributed by atoms with van der Waals surface area (Å²) >= 11 is 0. The Morgan fingerprint density at radius 3 is 1.95 bits per heavy atom. The van der Waals surface area contributed by atoms with Crippen molar-refractivity contribution in [2.45, 2.75) is 50.2 Å². The number of rotatable bonds is 2. The molecule has 0 spiro atoms. The van der Waals surface area contributed by atoms with Gasteiger partial charge in [-0.15, -0.1) is 0 Å². The van der Waals surface area contributed by atoms with Crippen LogP contribution in [0.5, 0.6) is 0 Å². The largest absolute Gasteiger partial charge is 0.409 e. The van der Waals surface area contributed by atoms with E-state index in [1.165, 1.54) is 0 Å². The Labute approximate surface area is 105 Å². The number of carbonyl (C=O) groups is 1. The molecule has 9 heteroatoms. The third-order valence-corrected chi connectivity index (χ3v) is 2.97. The Balaban J connectivity index is 2.78. The maximum absolute atomic E-state index is 12.3. The van der Waals surface area contributed by atoms with Crippen LogP contribution in [-0.2, 0) is 4.79 Å². The van der Waals surface area contributed by atoms with Crippen molar-refractivity contribution in [3.05, 3.63) is 0 Å². The lowest BCUT2D eigenvalue weighted by Gasteiger charge is -2.30. The van der Waals surface area contributed by atoms with Crippen LogP contribution in [0, 0.1) is 5.92 Å². The minimum absolute atomic E-state index is 0.162. The Morgan fingerprint density at radius 1 is 1.05 bits per heavy atom. The first kappa shape index (κ1) is 16.1. The van der Waals surface area contributed by atoms with E-state index in [1.54, 1.807) is 5.32 Å². The monoisotopic (exact) mass is 293 g/mol. The van der Waals surface area contributed by atoms with Crippen molar-refractivity contribution >= 4 is 5.91 Å². The van der Waals surface area contributed by atoms with E-state index in [2.05, 4.69) is 0 Å². The molecule has 2 N–H and O–H groups in total. The molecule has 19 heavy (non-hydrogen) atoms. The van der Waals surface area contributed by atoms with Gasteiger partial charge in [-0.2, -0.15) is 26.3 Å². The van der Waals surface area contributed by atoms with Gasteiger partial charge in [0.05, 0.1) is 12.1 Å². The molecule has 1 saturated carbocycles. The van der Waals surface area contributed by atoms with E-state index >= 15 is 0 Å². The second-order valence-electron chi connectivity index (χ2n) is 4.48. The third kappa shape index (κ3) is 4.26. The van der Waals surface area contributed by atoms with Crippen LogP contribution in [0.15, 0.2) is 0 Å². The molecule has 1 fully saturated rings. The van der Waals surface area contributed by atoms with Gasteiger partial charge in [-0.3, -0.25) is 4.79 Å². The number of hydrogen-bond donors (Lipinski definition) is 2. The van der Waals surface area contributed by atoms with E-state index in [0.717, 1.165) is 0 Å². The number of aliphatic hydroxyl groups excluding tert-OH is 1. The Kier molecular flexibility index (Phi) is 4.70. The molecule has 0 aliphatic heterocycles.